The molecule has 1 fully saturated rings. The van der Waals surface area contributed by atoms with Gasteiger partial charge in [0.05, 0.1) is 26.8 Å². The van der Waals surface area contributed by atoms with E-state index in [1.54, 1.807) is 14.2 Å². The van der Waals surface area contributed by atoms with Gasteiger partial charge < -0.3 is 14.8 Å². The molecule has 7 nitrogen and oxygen atoms in total. The third-order valence-corrected chi connectivity index (χ3v) is 7.16. The molecule has 0 radical (unpaired) electrons. The molecule has 2 aromatic rings. The lowest BCUT2D eigenvalue weighted by molar-refractivity contribution is -0.128. The van der Waals surface area contributed by atoms with Crippen LogP contribution < -0.4 is 14.8 Å². The number of aliphatic imine (C=N–C) groups is 1. The molecule has 0 aliphatic carbocycles. The van der Waals surface area contributed by atoms with Crippen molar-refractivity contribution in [2.45, 2.75) is 67.2 Å². The molecule has 1 saturated heterocycles. The Labute approximate surface area is 225 Å². The summed E-state index contributed by atoms with van der Waals surface area (Å²) in [5.74, 6) is 1.99. The van der Waals surface area contributed by atoms with Gasteiger partial charge in [-0.25, -0.2) is 0 Å². The molecule has 37 heavy (non-hydrogen) atoms. The van der Waals surface area contributed by atoms with E-state index in [0.29, 0.717) is 6.04 Å². The van der Waals surface area contributed by atoms with Crippen LogP contribution >= 0.6 is 0 Å². The van der Waals surface area contributed by atoms with Gasteiger partial charge in [-0.3, -0.25) is 19.6 Å². The van der Waals surface area contributed by atoms with E-state index in [9.17, 15) is 4.79 Å². The Balaban J connectivity index is 0.000000361. The van der Waals surface area contributed by atoms with Crippen molar-refractivity contribution >= 4 is 11.6 Å². The van der Waals surface area contributed by atoms with E-state index < -0.39 is 0 Å². The number of piperazine rings is 1. The number of amides is 1. The van der Waals surface area contributed by atoms with Gasteiger partial charge >= 0.3 is 0 Å². The predicted octanol–water partition coefficient (Wildman–Crippen LogP) is 4.87. The van der Waals surface area contributed by atoms with E-state index in [1.165, 1.54) is 22.4 Å². The maximum atomic E-state index is 11.6. The molecule has 0 bridgehead atoms. The van der Waals surface area contributed by atoms with Gasteiger partial charge in [-0.15, -0.1) is 0 Å². The lowest BCUT2D eigenvalue weighted by Crippen LogP contribution is -2.53. The van der Waals surface area contributed by atoms with Gasteiger partial charge in [0, 0.05) is 57.0 Å². The Morgan fingerprint density at radius 2 is 1.41 bits per heavy atom. The molecule has 0 saturated carbocycles. The van der Waals surface area contributed by atoms with Crippen LogP contribution in [0.4, 0.5) is 0 Å². The second-order valence-electron chi connectivity index (χ2n) is 9.74. The molecule has 1 N–H and O–H groups in total. The van der Waals surface area contributed by atoms with Crippen molar-refractivity contribution in [3.8, 4) is 11.5 Å². The van der Waals surface area contributed by atoms with Gasteiger partial charge in [0.1, 0.15) is 11.5 Å². The van der Waals surface area contributed by atoms with E-state index in [-0.39, 0.29) is 20.8 Å². The molecule has 0 unspecified atom stereocenters. The first kappa shape index (κ1) is 30.3. The fourth-order valence-corrected chi connectivity index (χ4v) is 4.61. The second-order valence-corrected chi connectivity index (χ2v) is 9.74. The first-order valence-corrected chi connectivity index (χ1v) is 12.8. The number of ether oxygens (including phenoxy) is 2. The molecule has 0 aromatic heterocycles. The molecular weight excluding hydrogens is 464 g/mol. The Morgan fingerprint density at radius 3 is 1.92 bits per heavy atom. The monoisotopic (exact) mass is 513 g/mol. The van der Waals surface area contributed by atoms with E-state index in [1.807, 2.05) is 19.9 Å². The first-order valence-electron chi connectivity index (χ1n) is 12.8. The van der Waals surface area contributed by atoms with Gasteiger partial charge in [-0.05, 0) is 57.9 Å². The fourth-order valence-electron chi connectivity index (χ4n) is 4.61. The summed E-state index contributed by atoms with van der Waals surface area (Å²) in [4.78, 5) is 20.7. The highest BCUT2D eigenvalue weighted by Crippen LogP contribution is 2.24. The minimum Gasteiger partial charge on any atom is -0.496 e. The molecule has 0 spiro atoms. The lowest BCUT2D eigenvalue weighted by Gasteiger charge is -2.33. The van der Waals surface area contributed by atoms with Gasteiger partial charge in [0.15, 0.2) is 0 Å². The summed E-state index contributed by atoms with van der Waals surface area (Å²) < 4.78 is 10.9. The van der Waals surface area contributed by atoms with Crippen LogP contribution in [-0.2, 0) is 17.9 Å². The number of benzene rings is 2. The van der Waals surface area contributed by atoms with Crippen LogP contribution in [0.5, 0.6) is 11.5 Å². The van der Waals surface area contributed by atoms with Crippen LogP contribution in [-0.4, -0.2) is 73.9 Å². The summed E-state index contributed by atoms with van der Waals surface area (Å²) in [5, 5.41) is 2.87. The maximum Gasteiger partial charge on any atom is 0.237 e. The van der Waals surface area contributed by atoms with Crippen molar-refractivity contribution in [3.05, 3.63) is 58.7 Å². The second kappa shape index (κ2) is 14.1. The summed E-state index contributed by atoms with van der Waals surface area (Å²) >= 11 is 0. The molecular formula is C30H48N4O3. The molecule has 4 rings (SSSR count). The summed E-state index contributed by atoms with van der Waals surface area (Å²) in [6, 6.07) is 12.9. The Hall–Kier alpha value is -2.90. The van der Waals surface area contributed by atoms with Crippen molar-refractivity contribution in [2.75, 3.05) is 40.4 Å². The quantitative estimate of drug-likeness (QED) is 0.597. The van der Waals surface area contributed by atoms with E-state index in [0.717, 1.165) is 56.3 Å². The van der Waals surface area contributed by atoms with Crippen molar-refractivity contribution in [2.24, 2.45) is 4.99 Å². The average molecular weight is 514 g/mol. The third kappa shape index (κ3) is 8.04. The zero-order valence-electron chi connectivity index (χ0n) is 22.9. The van der Waals surface area contributed by atoms with Gasteiger partial charge in [-0.1, -0.05) is 31.7 Å². The first-order chi connectivity index (χ1) is 17.2. The Bertz CT molecular complexity index is 1020. The molecule has 7 heteroatoms. The summed E-state index contributed by atoms with van der Waals surface area (Å²) in [6.07, 6.45) is 0. The smallest absolute Gasteiger partial charge is 0.237 e. The topological polar surface area (TPSA) is 66.4 Å². The lowest BCUT2D eigenvalue weighted by atomic mass is 10.1. The molecule has 2 atom stereocenters. The summed E-state index contributed by atoms with van der Waals surface area (Å²) in [5.41, 5.74) is 6.03. The van der Waals surface area contributed by atoms with Crippen LogP contribution in [0, 0.1) is 13.8 Å². The summed E-state index contributed by atoms with van der Waals surface area (Å²) in [6.45, 7) is 15.6. The minimum absolute atomic E-state index is 0. The predicted molar refractivity (Wildman–Crippen MR) is 155 cm³/mol. The number of carbonyl (C=O) groups excluding carboxylic acids is 1. The molecule has 1 amide bonds. The van der Waals surface area contributed by atoms with Crippen molar-refractivity contribution in [1.82, 2.24) is 15.1 Å². The largest absolute Gasteiger partial charge is 0.496 e. The van der Waals surface area contributed by atoms with Crippen molar-refractivity contribution < 1.29 is 15.7 Å². The summed E-state index contributed by atoms with van der Waals surface area (Å²) in [7, 11) is 3.43. The number of methoxy groups -OCH3 is 2. The Kier molecular flexibility index (Phi) is 11.6. The van der Waals surface area contributed by atoms with Crippen LogP contribution in [0.1, 0.15) is 51.9 Å². The number of nitrogens with one attached hydrogen (secondary N) is 1. The Morgan fingerprint density at radius 1 is 0.892 bits per heavy atom. The molecule has 2 aliphatic rings. The number of rotatable bonds is 6. The van der Waals surface area contributed by atoms with E-state index >= 15 is 0 Å². The minimum atomic E-state index is -0.0789. The zero-order chi connectivity index (χ0) is 26.2. The standard InChI is InChI=1S/C15H22N2O.C14H20N2O2.CH4.H2/c1-11-5-6-14(15(9-11)18-4)10-17-8-7-16-12(2)13(17)3;1-10-4-5-12(13(8-10)18-3)9-16-7-6-15-14(17)11(16)2;;/h5-6,9,13H,7-8,10H2,1-4H3;4-5,8,11H,6-7,9H2,1-3H3,(H,15,17);1H4;1H/t13-;11-;;/m11../s1/i;;;1+1. The van der Waals surface area contributed by atoms with Crippen LogP contribution in [0.3, 0.4) is 0 Å². The number of hydrogen-bond acceptors (Lipinski definition) is 6. The zero-order valence-corrected chi connectivity index (χ0v) is 22.9. The molecule has 2 aliphatic heterocycles. The number of aryl methyl sites for hydroxylation is 2. The highest BCUT2D eigenvalue weighted by Gasteiger charge is 2.26. The highest BCUT2D eigenvalue weighted by atomic mass is 16.5. The van der Waals surface area contributed by atoms with Gasteiger partial charge in [-0.2, -0.15) is 0 Å². The van der Waals surface area contributed by atoms with Gasteiger partial charge in [0.25, 0.3) is 0 Å². The molecule has 2 aromatic carbocycles. The molecule has 206 valence electrons. The molecule has 2 heterocycles. The maximum absolute atomic E-state index is 11.6. The van der Waals surface area contributed by atoms with Crippen molar-refractivity contribution in [3.63, 3.8) is 0 Å². The third-order valence-electron chi connectivity index (χ3n) is 7.16. The number of carbonyl (C=O) groups is 1. The normalized spacial score (nSPS) is 20.1. The van der Waals surface area contributed by atoms with E-state index in [4.69, 9.17) is 9.47 Å². The van der Waals surface area contributed by atoms with Gasteiger partial charge in [0.2, 0.25) is 5.91 Å². The average Bonchev–Trinajstić information content (AvgIpc) is 2.87. The van der Waals surface area contributed by atoms with Crippen LogP contribution in [0.15, 0.2) is 41.4 Å². The SMILES string of the molecule is C.COc1cc(C)ccc1CN1CCN=C(C)[C@H]1C.COc1cc(C)ccc1CN1CCNC(=O)[C@H]1C.[2HH]. The highest BCUT2D eigenvalue weighted by molar-refractivity contribution is 5.87. The number of nitrogens with zero attached hydrogens (tertiary/aromatic N) is 3. The number of hydrogen-bond donors (Lipinski definition) is 1. The van der Waals surface area contributed by atoms with Crippen LogP contribution in [0.2, 0.25) is 0 Å². The fraction of sp³-hybridized carbons (Fsp3) is 0.533. The van der Waals surface area contributed by atoms with E-state index in [2.05, 4.69) is 71.2 Å². The van der Waals surface area contributed by atoms with Crippen LogP contribution in [0.25, 0.3) is 0 Å². The van der Waals surface area contributed by atoms with Crippen molar-refractivity contribution in [1.29, 1.82) is 0 Å².